The topological polar surface area (TPSA) is 81.8 Å². The monoisotopic (exact) mass is 372 g/mol. The lowest BCUT2D eigenvalue weighted by Crippen LogP contribution is -2.48. The van der Waals surface area contributed by atoms with Crippen molar-refractivity contribution in [2.75, 3.05) is 32.5 Å². The van der Waals surface area contributed by atoms with Crippen molar-refractivity contribution in [2.45, 2.75) is 38.6 Å². The first-order valence-electron chi connectivity index (χ1n) is 9.53. The molecule has 1 aromatic rings. The van der Waals surface area contributed by atoms with Crippen LogP contribution in [0.15, 0.2) is 18.2 Å². The minimum Gasteiger partial charge on any atom is -0.345 e. The molecule has 4 amide bonds. The Hall–Kier alpha value is -2.57. The highest BCUT2D eigenvalue weighted by Gasteiger charge is 2.35. The Bertz CT molecular complexity index is 735. The molecule has 0 unspecified atom stereocenters. The van der Waals surface area contributed by atoms with E-state index in [1.807, 2.05) is 17.9 Å². The van der Waals surface area contributed by atoms with Crippen LogP contribution >= 0.6 is 0 Å². The molecule has 0 radical (unpaired) electrons. The molecule has 1 aliphatic heterocycles. The summed E-state index contributed by atoms with van der Waals surface area (Å²) in [4.78, 5) is 40.0. The molecule has 3 rings (SSSR count). The summed E-state index contributed by atoms with van der Waals surface area (Å²) in [5.74, 6) is 0.417. The van der Waals surface area contributed by atoms with E-state index in [-0.39, 0.29) is 29.8 Å². The zero-order chi connectivity index (χ0) is 19.6. The van der Waals surface area contributed by atoms with Gasteiger partial charge in [-0.05, 0) is 50.3 Å². The smallest absolute Gasteiger partial charge is 0.319 e. The highest BCUT2D eigenvalue weighted by Crippen LogP contribution is 2.31. The first kappa shape index (κ1) is 19.2. The van der Waals surface area contributed by atoms with Crippen LogP contribution < -0.4 is 10.6 Å². The first-order valence-corrected chi connectivity index (χ1v) is 9.53. The third-order valence-corrected chi connectivity index (χ3v) is 5.21. The lowest BCUT2D eigenvalue weighted by molar-refractivity contribution is -0.133. The second-order valence-electron chi connectivity index (χ2n) is 7.70. The number of likely N-dealkylation sites (tertiary alicyclic amines) is 1. The maximum absolute atomic E-state index is 12.4. The Kier molecular flexibility index (Phi) is 5.68. The summed E-state index contributed by atoms with van der Waals surface area (Å²) in [6.45, 7) is 3.29. The summed E-state index contributed by atoms with van der Waals surface area (Å²) in [5.41, 5.74) is 2.06. The molecule has 7 nitrogen and oxygen atoms in total. The summed E-state index contributed by atoms with van der Waals surface area (Å²) in [6.07, 6.45) is 3.58. The molecule has 146 valence electrons. The molecule has 2 fully saturated rings. The molecule has 1 saturated heterocycles. The van der Waals surface area contributed by atoms with Gasteiger partial charge in [0.05, 0.1) is 0 Å². The Morgan fingerprint density at radius 3 is 2.33 bits per heavy atom. The highest BCUT2D eigenvalue weighted by atomic mass is 16.2. The molecular formula is C20H28N4O3. The Morgan fingerprint density at radius 2 is 1.74 bits per heavy atom. The molecule has 1 aromatic carbocycles. The Morgan fingerprint density at radius 1 is 1.07 bits per heavy atom. The number of aryl methyl sites for hydroxylation is 1. The van der Waals surface area contributed by atoms with Crippen molar-refractivity contribution >= 4 is 23.5 Å². The third kappa shape index (κ3) is 4.78. The van der Waals surface area contributed by atoms with Crippen LogP contribution in [0.5, 0.6) is 0 Å². The number of nitrogens with zero attached hydrogens (tertiary/aromatic N) is 2. The molecule has 0 bridgehead atoms. The molecule has 2 N–H and O–H groups in total. The van der Waals surface area contributed by atoms with Crippen LogP contribution in [-0.2, 0) is 4.79 Å². The highest BCUT2D eigenvalue weighted by molar-refractivity contribution is 5.97. The van der Waals surface area contributed by atoms with Crippen molar-refractivity contribution in [1.82, 2.24) is 15.1 Å². The minimum absolute atomic E-state index is 0.0557. The molecule has 0 atom stereocenters. The van der Waals surface area contributed by atoms with Crippen molar-refractivity contribution < 1.29 is 14.4 Å². The number of hydrogen-bond donors (Lipinski definition) is 2. The lowest BCUT2D eigenvalue weighted by Gasteiger charge is -2.32. The summed E-state index contributed by atoms with van der Waals surface area (Å²) in [6, 6.07) is 5.07. The fourth-order valence-electron chi connectivity index (χ4n) is 3.32. The van der Waals surface area contributed by atoms with Gasteiger partial charge in [-0.2, -0.15) is 0 Å². The van der Waals surface area contributed by atoms with Crippen LogP contribution in [0, 0.1) is 12.8 Å². The zero-order valence-electron chi connectivity index (χ0n) is 16.2. The second-order valence-corrected chi connectivity index (χ2v) is 7.70. The van der Waals surface area contributed by atoms with Crippen LogP contribution in [0.3, 0.4) is 0 Å². The predicted octanol–water partition coefficient (Wildman–Crippen LogP) is 2.22. The van der Waals surface area contributed by atoms with E-state index in [0.29, 0.717) is 24.3 Å². The summed E-state index contributed by atoms with van der Waals surface area (Å²) >= 11 is 0. The van der Waals surface area contributed by atoms with Gasteiger partial charge in [0.25, 0.3) is 5.91 Å². The Labute approximate surface area is 160 Å². The number of anilines is 1. The van der Waals surface area contributed by atoms with Crippen molar-refractivity contribution in [2.24, 2.45) is 5.92 Å². The number of piperidine rings is 1. The molecule has 2 aliphatic rings. The zero-order valence-corrected chi connectivity index (χ0v) is 16.2. The van der Waals surface area contributed by atoms with Crippen molar-refractivity contribution in [3.63, 3.8) is 0 Å². The molecule has 1 heterocycles. The van der Waals surface area contributed by atoms with Gasteiger partial charge in [-0.15, -0.1) is 0 Å². The predicted molar refractivity (Wildman–Crippen MR) is 104 cm³/mol. The van der Waals surface area contributed by atoms with E-state index in [0.717, 1.165) is 31.2 Å². The molecule has 7 heteroatoms. The lowest BCUT2D eigenvalue weighted by atomic mass is 10.0. The van der Waals surface area contributed by atoms with Gasteiger partial charge in [0.1, 0.15) is 0 Å². The maximum atomic E-state index is 12.4. The molecule has 0 spiro atoms. The number of hydrogen-bond acceptors (Lipinski definition) is 3. The number of nitrogens with one attached hydrogen (secondary N) is 2. The van der Waals surface area contributed by atoms with Crippen LogP contribution in [0.4, 0.5) is 10.5 Å². The van der Waals surface area contributed by atoms with Gasteiger partial charge in [-0.1, -0.05) is 6.07 Å². The van der Waals surface area contributed by atoms with E-state index in [1.54, 1.807) is 26.2 Å². The van der Waals surface area contributed by atoms with Crippen molar-refractivity contribution in [3.05, 3.63) is 29.3 Å². The number of carbonyl (C=O) groups excluding carboxylic acids is 3. The fraction of sp³-hybridized carbons (Fsp3) is 0.550. The number of carbonyl (C=O) groups is 3. The molecular weight excluding hydrogens is 344 g/mol. The van der Waals surface area contributed by atoms with E-state index < -0.39 is 0 Å². The van der Waals surface area contributed by atoms with Crippen LogP contribution in [0.1, 0.15) is 41.6 Å². The number of benzene rings is 1. The summed E-state index contributed by atoms with van der Waals surface area (Å²) < 4.78 is 0. The molecule has 1 aliphatic carbocycles. The van der Waals surface area contributed by atoms with Gasteiger partial charge >= 0.3 is 6.03 Å². The van der Waals surface area contributed by atoms with Crippen molar-refractivity contribution in [3.8, 4) is 0 Å². The van der Waals surface area contributed by atoms with Crippen molar-refractivity contribution in [1.29, 1.82) is 0 Å². The standard InChI is InChI=1S/C20H28N4O3/c1-13-4-5-15(18(25)23(2)3)12-17(13)22-20(27)21-16-8-10-24(11-9-16)19(26)14-6-7-14/h4-5,12,14,16H,6-11H2,1-3H3,(H2,21,22,27). The summed E-state index contributed by atoms with van der Waals surface area (Å²) in [5, 5.41) is 5.84. The van der Waals surface area contributed by atoms with Crippen LogP contribution in [0.2, 0.25) is 0 Å². The summed E-state index contributed by atoms with van der Waals surface area (Å²) in [7, 11) is 3.39. The van der Waals surface area contributed by atoms with E-state index in [4.69, 9.17) is 0 Å². The van der Waals surface area contributed by atoms with E-state index in [2.05, 4.69) is 10.6 Å². The largest absolute Gasteiger partial charge is 0.345 e. The van der Waals surface area contributed by atoms with Gasteiger partial charge in [0.15, 0.2) is 0 Å². The van der Waals surface area contributed by atoms with Crippen LogP contribution in [0.25, 0.3) is 0 Å². The number of urea groups is 1. The SMILES string of the molecule is Cc1ccc(C(=O)N(C)C)cc1NC(=O)NC1CCN(C(=O)C2CC2)CC1. The van der Waals surface area contributed by atoms with Gasteiger partial charge in [-0.25, -0.2) is 4.79 Å². The minimum atomic E-state index is -0.278. The fourth-order valence-corrected chi connectivity index (χ4v) is 3.32. The van der Waals surface area contributed by atoms with E-state index in [9.17, 15) is 14.4 Å². The van der Waals surface area contributed by atoms with E-state index >= 15 is 0 Å². The number of rotatable bonds is 4. The van der Waals surface area contributed by atoms with Crippen LogP contribution in [-0.4, -0.2) is 60.9 Å². The third-order valence-electron chi connectivity index (χ3n) is 5.21. The molecule has 27 heavy (non-hydrogen) atoms. The number of amides is 4. The van der Waals surface area contributed by atoms with E-state index in [1.165, 1.54) is 4.90 Å². The van der Waals surface area contributed by atoms with Gasteiger partial charge in [0, 0.05) is 50.4 Å². The normalized spacial score (nSPS) is 17.4. The average Bonchev–Trinajstić information content (AvgIpc) is 3.48. The molecule has 1 saturated carbocycles. The average molecular weight is 372 g/mol. The Balaban J connectivity index is 1.53. The van der Waals surface area contributed by atoms with Gasteiger partial charge < -0.3 is 20.4 Å². The maximum Gasteiger partial charge on any atom is 0.319 e. The van der Waals surface area contributed by atoms with Gasteiger partial charge in [0.2, 0.25) is 5.91 Å². The van der Waals surface area contributed by atoms with Gasteiger partial charge in [-0.3, -0.25) is 9.59 Å². The quantitative estimate of drug-likeness (QED) is 0.850. The first-order chi connectivity index (χ1) is 12.8. The second kappa shape index (κ2) is 7.98. The molecule has 0 aromatic heterocycles.